The number of nitrogens with one attached hydrogen (secondary N) is 2. The Labute approximate surface area is 158 Å². The molecular weight excluding hydrogens is 356 g/mol. The van der Waals surface area contributed by atoms with E-state index >= 15 is 0 Å². The monoisotopic (exact) mass is 378 g/mol. The lowest BCUT2D eigenvalue weighted by atomic mass is 10.2. The molecule has 140 valence electrons. The molecule has 6 nitrogen and oxygen atoms in total. The number of carbonyl (C=O) groups excluding carboxylic acids is 1. The van der Waals surface area contributed by atoms with Crippen LogP contribution in [0.5, 0.6) is 17.2 Å². The maximum Gasteiger partial charge on any atom is 0.323 e. The lowest BCUT2D eigenvalue weighted by Gasteiger charge is -2.17. The highest BCUT2D eigenvalue weighted by molar-refractivity contribution is 6.30. The van der Waals surface area contributed by atoms with Gasteiger partial charge in [-0.05, 0) is 39.0 Å². The molecule has 0 saturated carbocycles. The van der Waals surface area contributed by atoms with Crippen LogP contribution in [-0.2, 0) is 0 Å². The van der Waals surface area contributed by atoms with Crippen molar-refractivity contribution in [2.24, 2.45) is 0 Å². The average molecular weight is 379 g/mol. The number of rotatable bonds is 8. The summed E-state index contributed by atoms with van der Waals surface area (Å²) in [6.45, 7) is 7.04. The van der Waals surface area contributed by atoms with Gasteiger partial charge in [-0.15, -0.1) is 0 Å². The third-order valence-corrected chi connectivity index (χ3v) is 3.48. The van der Waals surface area contributed by atoms with Gasteiger partial charge < -0.3 is 24.8 Å². The van der Waals surface area contributed by atoms with E-state index in [0.717, 1.165) is 0 Å². The molecule has 0 unspecified atom stereocenters. The second kappa shape index (κ2) is 9.77. The first kappa shape index (κ1) is 19.7. The van der Waals surface area contributed by atoms with Crippen molar-refractivity contribution in [2.45, 2.75) is 20.8 Å². The SMILES string of the molecule is CCOc1cc(NC(=O)Nc2cccc(Cl)c2)cc(OCC)c1OCC. The minimum atomic E-state index is -0.402. The summed E-state index contributed by atoms with van der Waals surface area (Å²) < 4.78 is 16.9. The van der Waals surface area contributed by atoms with E-state index in [1.54, 1.807) is 36.4 Å². The lowest BCUT2D eigenvalue weighted by Crippen LogP contribution is -2.19. The molecule has 0 fully saturated rings. The van der Waals surface area contributed by atoms with Crippen LogP contribution in [0.25, 0.3) is 0 Å². The lowest BCUT2D eigenvalue weighted by molar-refractivity contribution is 0.260. The van der Waals surface area contributed by atoms with Gasteiger partial charge in [0.05, 0.1) is 25.5 Å². The van der Waals surface area contributed by atoms with Crippen molar-refractivity contribution in [1.82, 2.24) is 0 Å². The molecule has 0 heterocycles. The van der Waals surface area contributed by atoms with Crippen molar-refractivity contribution < 1.29 is 19.0 Å². The van der Waals surface area contributed by atoms with E-state index in [2.05, 4.69) is 10.6 Å². The summed E-state index contributed by atoms with van der Waals surface area (Å²) in [4.78, 5) is 12.3. The van der Waals surface area contributed by atoms with Crippen LogP contribution >= 0.6 is 11.6 Å². The molecule has 0 aliphatic rings. The summed E-state index contributed by atoms with van der Waals surface area (Å²) in [5.74, 6) is 1.55. The quantitative estimate of drug-likeness (QED) is 0.664. The molecule has 0 radical (unpaired) electrons. The molecule has 7 heteroatoms. The van der Waals surface area contributed by atoms with Crippen molar-refractivity contribution in [3.8, 4) is 17.2 Å². The first-order chi connectivity index (χ1) is 12.6. The smallest absolute Gasteiger partial charge is 0.323 e. The summed E-state index contributed by atoms with van der Waals surface area (Å²) in [6.07, 6.45) is 0. The van der Waals surface area contributed by atoms with E-state index in [9.17, 15) is 4.79 Å². The van der Waals surface area contributed by atoms with Gasteiger partial charge in [-0.1, -0.05) is 17.7 Å². The number of anilines is 2. The summed E-state index contributed by atoms with van der Waals surface area (Å²) in [6, 6.07) is 9.91. The van der Waals surface area contributed by atoms with Crippen molar-refractivity contribution in [3.05, 3.63) is 41.4 Å². The van der Waals surface area contributed by atoms with E-state index in [0.29, 0.717) is 53.5 Å². The number of hydrogen-bond acceptors (Lipinski definition) is 4. The number of ether oxygens (including phenoxy) is 3. The highest BCUT2D eigenvalue weighted by Gasteiger charge is 2.16. The minimum absolute atomic E-state index is 0.402. The van der Waals surface area contributed by atoms with E-state index in [-0.39, 0.29) is 0 Å². The maximum absolute atomic E-state index is 12.3. The molecule has 2 amide bonds. The fourth-order valence-electron chi connectivity index (χ4n) is 2.32. The molecular formula is C19H23ClN2O4. The van der Waals surface area contributed by atoms with Gasteiger partial charge in [0.2, 0.25) is 5.75 Å². The van der Waals surface area contributed by atoms with Crippen LogP contribution < -0.4 is 24.8 Å². The van der Waals surface area contributed by atoms with Crippen molar-refractivity contribution >= 4 is 29.0 Å². The first-order valence-electron chi connectivity index (χ1n) is 8.47. The van der Waals surface area contributed by atoms with Crippen LogP contribution in [0, 0.1) is 0 Å². The van der Waals surface area contributed by atoms with Crippen molar-refractivity contribution in [2.75, 3.05) is 30.5 Å². The molecule has 0 aromatic heterocycles. The first-order valence-corrected chi connectivity index (χ1v) is 8.85. The Hall–Kier alpha value is -2.60. The number of benzene rings is 2. The molecule has 0 aliphatic carbocycles. The standard InChI is InChI=1S/C19H23ClN2O4/c1-4-24-16-11-15(12-17(25-5-2)18(16)26-6-3)22-19(23)21-14-9-7-8-13(20)10-14/h7-12H,4-6H2,1-3H3,(H2,21,22,23). The van der Waals surface area contributed by atoms with Crippen LogP contribution in [-0.4, -0.2) is 25.9 Å². The molecule has 0 spiro atoms. The van der Waals surface area contributed by atoms with Crippen molar-refractivity contribution in [1.29, 1.82) is 0 Å². The molecule has 2 aromatic carbocycles. The van der Waals surface area contributed by atoms with Crippen LogP contribution in [0.2, 0.25) is 5.02 Å². The zero-order valence-corrected chi connectivity index (χ0v) is 15.9. The summed E-state index contributed by atoms with van der Waals surface area (Å²) in [7, 11) is 0. The van der Waals surface area contributed by atoms with E-state index in [1.165, 1.54) is 0 Å². The Balaban J connectivity index is 2.22. The van der Waals surface area contributed by atoms with Gasteiger partial charge >= 0.3 is 6.03 Å². The highest BCUT2D eigenvalue weighted by atomic mass is 35.5. The Bertz CT molecular complexity index is 725. The van der Waals surface area contributed by atoms with Crippen LogP contribution in [0.3, 0.4) is 0 Å². The molecule has 0 atom stereocenters. The second-order valence-corrected chi connectivity index (χ2v) is 5.63. The minimum Gasteiger partial charge on any atom is -0.490 e. The Morgan fingerprint density at radius 3 is 2.00 bits per heavy atom. The number of carbonyl (C=O) groups is 1. The molecule has 26 heavy (non-hydrogen) atoms. The Morgan fingerprint density at radius 2 is 1.46 bits per heavy atom. The second-order valence-electron chi connectivity index (χ2n) is 5.19. The number of hydrogen-bond donors (Lipinski definition) is 2. The molecule has 2 rings (SSSR count). The number of halogens is 1. The summed E-state index contributed by atoms with van der Waals surface area (Å²) in [5.41, 5.74) is 1.12. The highest BCUT2D eigenvalue weighted by Crippen LogP contribution is 2.40. The average Bonchev–Trinajstić information content (AvgIpc) is 2.58. The van der Waals surface area contributed by atoms with Crippen LogP contribution in [0.4, 0.5) is 16.2 Å². The third kappa shape index (κ3) is 5.46. The zero-order chi connectivity index (χ0) is 18.9. The van der Waals surface area contributed by atoms with E-state index in [1.807, 2.05) is 20.8 Å². The topological polar surface area (TPSA) is 68.8 Å². The predicted octanol–water partition coefficient (Wildman–Crippen LogP) is 5.18. The molecule has 2 aromatic rings. The fourth-order valence-corrected chi connectivity index (χ4v) is 2.51. The van der Waals surface area contributed by atoms with Crippen LogP contribution in [0.15, 0.2) is 36.4 Å². The van der Waals surface area contributed by atoms with Gasteiger partial charge in [0.15, 0.2) is 11.5 Å². The maximum atomic E-state index is 12.3. The summed E-state index contributed by atoms with van der Waals surface area (Å²) in [5, 5.41) is 6.04. The van der Waals surface area contributed by atoms with Crippen molar-refractivity contribution in [3.63, 3.8) is 0 Å². The zero-order valence-electron chi connectivity index (χ0n) is 15.1. The van der Waals surface area contributed by atoms with Gasteiger partial charge in [0.25, 0.3) is 0 Å². The van der Waals surface area contributed by atoms with Gasteiger partial charge in [0.1, 0.15) is 0 Å². The molecule has 0 bridgehead atoms. The Morgan fingerprint density at radius 1 is 0.885 bits per heavy atom. The Kier molecular flexibility index (Phi) is 7.41. The molecule has 0 aliphatic heterocycles. The largest absolute Gasteiger partial charge is 0.490 e. The third-order valence-electron chi connectivity index (χ3n) is 3.25. The molecule has 2 N–H and O–H groups in total. The fraction of sp³-hybridized carbons (Fsp3) is 0.316. The number of urea groups is 1. The van der Waals surface area contributed by atoms with E-state index < -0.39 is 6.03 Å². The van der Waals surface area contributed by atoms with Gasteiger partial charge in [-0.3, -0.25) is 0 Å². The predicted molar refractivity (Wildman–Crippen MR) is 104 cm³/mol. The summed E-state index contributed by atoms with van der Waals surface area (Å²) >= 11 is 5.93. The van der Waals surface area contributed by atoms with Gasteiger partial charge in [-0.2, -0.15) is 0 Å². The molecule has 0 saturated heterocycles. The van der Waals surface area contributed by atoms with Gasteiger partial charge in [-0.25, -0.2) is 4.79 Å². The van der Waals surface area contributed by atoms with Gasteiger partial charge in [0, 0.05) is 22.8 Å². The van der Waals surface area contributed by atoms with E-state index in [4.69, 9.17) is 25.8 Å². The number of amides is 2. The normalized spacial score (nSPS) is 10.2. The van der Waals surface area contributed by atoms with Crippen LogP contribution in [0.1, 0.15) is 20.8 Å².